The molecule has 1 aliphatic heterocycles. The summed E-state index contributed by atoms with van der Waals surface area (Å²) >= 11 is 1.79. The van der Waals surface area contributed by atoms with E-state index >= 15 is 0 Å². The van der Waals surface area contributed by atoms with Crippen LogP contribution in [0.15, 0.2) is 0 Å². The standard InChI is InChI=1S/C11H18N2OS/c1-8-9(2)15-11(13-8)6-12-10-4-3-5-14-7-10/h10,12H,3-7H2,1-2H3. The summed E-state index contributed by atoms with van der Waals surface area (Å²) in [6.45, 7) is 6.85. The molecule has 0 radical (unpaired) electrons. The van der Waals surface area contributed by atoms with Gasteiger partial charge in [0.1, 0.15) is 5.01 Å². The molecule has 0 saturated carbocycles. The predicted molar refractivity (Wildman–Crippen MR) is 62.3 cm³/mol. The molecule has 1 unspecified atom stereocenters. The van der Waals surface area contributed by atoms with Crippen molar-refractivity contribution in [3.8, 4) is 0 Å². The average molecular weight is 226 g/mol. The quantitative estimate of drug-likeness (QED) is 0.856. The third-order valence-electron chi connectivity index (χ3n) is 2.78. The second kappa shape index (κ2) is 5.05. The molecular formula is C11H18N2OS. The molecule has 3 nitrogen and oxygen atoms in total. The average Bonchev–Trinajstić information content (AvgIpc) is 2.57. The fraction of sp³-hybridized carbons (Fsp3) is 0.727. The highest BCUT2D eigenvalue weighted by Gasteiger charge is 2.13. The normalized spacial score (nSPS) is 21.9. The van der Waals surface area contributed by atoms with Gasteiger partial charge in [-0.25, -0.2) is 4.98 Å². The van der Waals surface area contributed by atoms with Crippen molar-refractivity contribution in [1.29, 1.82) is 0 Å². The number of nitrogens with one attached hydrogen (secondary N) is 1. The molecule has 1 N–H and O–H groups in total. The summed E-state index contributed by atoms with van der Waals surface area (Å²) in [6.07, 6.45) is 2.40. The smallest absolute Gasteiger partial charge is 0.107 e. The van der Waals surface area contributed by atoms with Gasteiger partial charge < -0.3 is 10.1 Å². The van der Waals surface area contributed by atoms with Crippen LogP contribution in [0.4, 0.5) is 0 Å². The van der Waals surface area contributed by atoms with Crippen molar-refractivity contribution in [2.45, 2.75) is 39.3 Å². The molecule has 1 aromatic heterocycles. The molecule has 0 aliphatic carbocycles. The first-order valence-corrected chi connectivity index (χ1v) is 6.31. The van der Waals surface area contributed by atoms with Crippen LogP contribution < -0.4 is 5.32 Å². The van der Waals surface area contributed by atoms with E-state index < -0.39 is 0 Å². The molecular weight excluding hydrogens is 208 g/mol. The van der Waals surface area contributed by atoms with E-state index in [4.69, 9.17) is 4.74 Å². The molecule has 1 saturated heterocycles. The Kier molecular flexibility index (Phi) is 3.72. The van der Waals surface area contributed by atoms with Gasteiger partial charge in [-0.1, -0.05) is 0 Å². The van der Waals surface area contributed by atoms with E-state index in [0.29, 0.717) is 6.04 Å². The van der Waals surface area contributed by atoms with Crippen LogP contribution >= 0.6 is 11.3 Å². The summed E-state index contributed by atoms with van der Waals surface area (Å²) in [5.41, 5.74) is 1.16. The Morgan fingerprint density at radius 2 is 2.40 bits per heavy atom. The number of thiazole rings is 1. The predicted octanol–water partition coefficient (Wildman–Crippen LogP) is 2.03. The van der Waals surface area contributed by atoms with Gasteiger partial charge in [-0.15, -0.1) is 11.3 Å². The molecule has 1 aromatic rings. The lowest BCUT2D eigenvalue weighted by Crippen LogP contribution is -2.36. The minimum Gasteiger partial charge on any atom is -0.380 e. The molecule has 84 valence electrons. The maximum Gasteiger partial charge on any atom is 0.107 e. The van der Waals surface area contributed by atoms with Crippen LogP contribution in [0.3, 0.4) is 0 Å². The lowest BCUT2D eigenvalue weighted by atomic mass is 10.1. The Balaban J connectivity index is 1.81. The first-order valence-electron chi connectivity index (χ1n) is 5.50. The lowest BCUT2D eigenvalue weighted by molar-refractivity contribution is 0.0699. The van der Waals surface area contributed by atoms with E-state index in [9.17, 15) is 0 Å². The Morgan fingerprint density at radius 1 is 1.53 bits per heavy atom. The third-order valence-corrected chi connectivity index (χ3v) is 3.85. The van der Waals surface area contributed by atoms with E-state index in [2.05, 4.69) is 24.1 Å². The van der Waals surface area contributed by atoms with Gasteiger partial charge in [0.05, 0.1) is 12.3 Å². The minimum absolute atomic E-state index is 0.517. The van der Waals surface area contributed by atoms with E-state index in [1.54, 1.807) is 11.3 Å². The molecule has 0 amide bonds. The van der Waals surface area contributed by atoms with Crippen LogP contribution in [0.25, 0.3) is 0 Å². The molecule has 1 atom stereocenters. The number of ether oxygens (including phenoxy) is 1. The van der Waals surface area contributed by atoms with Gasteiger partial charge in [0.2, 0.25) is 0 Å². The van der Waals surface area contributed by atoms with Crippen LogP contribution in [0, 0.1) is 13.8 Å². The first kappa shape index (κ1) is 11.0. The highest BCUT2D eigenvalue weighted by molar-refractivity contribution is 7.11. The Morgan fingerprint density at radius 3 is 3.00 bits per heavy atom. The summed E-state index contributed by atoms with van der Waals surface area (Å²) in [4.78, 5) is 5.84. The highest BCUT2D eigenvalue weighted by atomic mass is 32.1. The summed E-state index contributed by atoms with van der Waals surface area (Å²) in [5.74, 6) is 0. The van der Waals surface area contributed by atoms with Crippen molar-refractivity contribution < 1.29 is 4.74 Å². The highest BCUT2D eigenvalue weighted by Crippen LogP contribution is 2.16. The third kappa shape index (κ3) is 3.00. The molecule has 2 rings (SSSR count). The van der Waals surface area contributed by atoms with Crippen LogP contribution in [-0.4, -0.2) is 24.2 Å². The maximum atomic E-state index is 5.42. The van der Waals surface area contributed by atoms with Gasteiger partial charge in [0.25, 0.3) is 0 Å². The Labute approximate surface area is 94.9 Å². The number of aryl methyl sites for hydroxylation is 2. The zero-order chi connectivity index (χ0) is 10.7. The Hall–Kier alpha value is -0.450. The van der Waals surface area contributed by atoms with E-state index in [1.165, 1.54) is 22.7 Å². The van der Waals surface area contributed by atoms with Crippen LogP contribution in [0.5, 0.6) is 0 Å². The summed E-state index contributed by atoms with van der Waals surface area (Å²) < 4.78 is 5.42. The number of hydrogen-bond donors (Lipinski definition) is 1. The molecule has 1 fully saturated rings. The zero-order valence-corrected chi connectivity index (χ0v) is 10.2. The zero-order valence-electron chi connectivity index (χ0n) is 9.38. The molecule has 2 heterocycles. The van der Waals surface area contributed by atoms with Gasteiger partial charge in [-0.05, 0) is 26.7 Å². The van der Waals surface area contributed by atoms with Crippen molar-refractivity contribution in [1.82, 2.24) is 10.3 Å². The molecule has 1 aliphatic rings. The number of rotatable bonds is 3. The van der Waals surface area contributed by atoms with E-state index in [1.807, 2.05) is 0 Å². The fourth-order valence-electron chi connectivity index (χ4n) is 1.75. The summed E-state index contributed by atoms with van der Waals surface area (Å²) in [5, 5.41) is 4.69. The Bertz CT molecular complexity index is 299. The van der Waals surface area contributed by atoms with E-state index in [-0.39, 0.29) is 0 Å². The van der Waals surface area contributed by atoms with Crippen molar-refractivity contribution in [3.63, 3.8) is 0 Å². The number of nitrogens with zero attached hydrogens (tertiary/aromatic N) is 1. The molecule has 15 heavy (non-hydrogen) atoms. The maximum absolute atomic E-state index is 5.42. The monoisotopic (exact) mass is 226 g/mol. The summed E-state index contributed by atoms with van der Waals surface area (Å²) in [6, 6.07) is 0.517. The van der Waals surface area contributed by atoms with Gasteiger partial charge in [-0.2, -0.15) is 0 Å². The van der Waals surface area contributed by atoms with Crippen LogP contribution in [0.1, 0.15) is 28.4 Å². The van der Waals surface area contributed by atoms with Crippen molar-refractivity contribution >= 4 is 11.3 Å². The molecule has 0 aromatic carbocycles. The summed E-state index contributed by atoms with van der Waals surface area (Å²) in [7, 11) is 0. The second-order valence-corrected chi connectivity index (χ2v) is 5.33. The van der Waals surface area contributed by atoms with Gasteiger partial charge in [0, 0.05) is 24.1 Å². The lowest BCUT2D eigenvalue weighted by Gasteiger charge is -2.22. The topological polar surface area (TPSA) is 34.2 Å². The molecule has 0 bridgehead atoms. The van der Waals surface area contributed by atoms with E-state index in [0.717, 1.165) is 25.5 Å². The van der Waals surface area contributed by atoms with Gasteiger partial charge >= 0.3 is 0 Å². The number of hydrogen-bond acceptors (Lipinski definition) is 4. The molecule has 0 spiro atoms. The first-order chi connectivity index (χ1) is 7.25. The van der Waals surface area contributed by atoms with Crippen molar-refractivity contribution in [2.24, 2.45) is 0 Å². The molecule has 4 heteroatoms. The van der Waals surface area contributed by atoms with Crippen molar-refractivity contribution in [3.05, 3.63) is 15.6 Å². The fourth-order valence-corrected chi connectivity index (χ4v) is 2.63. The largest absolute Gasteiger partial charge is 0.380 e. The van der Waals surface area contributed by atoms with Crippen molar-refractivity contribution in [2.75, 3.05) is 13.2 Å². The van der Waals surface area contributed by atoms with Gasteiger partial charge in [-0.3, -0.25) is 0 Å². The van der Waals surface area contributed by atoms with Crippen LogP contribution in [0.2, 0.25) is 0 Å². The second-order valence-electron chi connectivity index (χ2n) is 4.04. The number of aromatic nitrogens is 1. The van der Waals surface area contributed by atoms with Crippen LogP contribution in [-0.2, 0) is 11.3 Å². The van der Waals surface area contributed by atoms with Gasteiger partial charge in [0.15, 0.2) is 0 Å². The SMILES string of the molecule is Cc1nc(CNC2CCCOC2)sc1C. The minimum atomic E-state index is 0.517.